The number of hydrogen-bond acceptors (Lipinski definition) is 3. The quantitative estimate of drug-likeness (QED) is 0.644. The molecule has 1 aromatic heterocycles. The van der Waals surface area contributed by atoms with Gasteiger partial charge < -0.3 is 16.0 Å². The Hall–Kier alpha value is -1.78. The first-order valence-corrected chi connectivity index (χ1v) is 7.95. The zero-order valence-electron chi connectivity index (χ0n) is 13.2. The summed E-state index contributed by atoms with van der Waals surface area (Å²) >= 11 is 0. The Balaban J connectivity index is 1.95. The number of pyridine rings is 1. The van der Waals surface area contributed by atoms with Crippen molar-refractivity contribution in [3.63, 3.8) is 0 Å². The molecule has 1 unspecified atom stereocenters. The number of aromatic nitrogens is 1. The van der Waals surface area contributed by atoms with Crippen LogP contribution >= 0.6 is 0 Å². The predicted molar refractivity (Wildman–Crippen MR) is 88.5 cm³/mol. The first-order chi connectivity index (χ1) is 10.2. The minimum atomic E-state index is 0.357. The van der Waals surface area contributed by atoms with Crippen LogP contribution < -0.4 is 16.0 Å². The van der Waals surface area contributed by atoms with Gasteiger partial charge in [-0.1, -0.05) is 6.92 Å². The molecular weight excluding hydrogens is 262 g/mol. The molecule has 2 heterocycles. The first kappa shape index (κ1) is 15.6. The van der Waals surface area contributed by atoms with E-state index in [9.17, 15) is 0 Å². The molecule has 1 aromatic rings. The molecule has 3 N–H and O–H groups in total. The van der Waals surface area contributed by atoms with Crippen molar-refractivity contribution < 1.29 is 0 Å². The van der Waals surface area contributed by atoms with E-state index in [1.807, 2.05) is 12.3 Å². The van der Waals surface area contributed by atoms with Crippen molar-refractivity contribution in [1.82, 2.24) is 10.3 Å². The largest absolute Gasteiger partial charge is 0.370 e. The molecule has 0 radical (unpaired) electrons. The van der Waals surface area contributed by atoms with Crippen molar-refractivity contribution in [3.05, 3.63) is 23.9 Å². The molecule has 21 heavy (non-hydrogen) atoms. The third-order valence-corrected chi connectivity index (χ3v) is 3.93. The molecule has 0 amide bonds. The third kappa shape index (κ3) is 4.92. The Labute approximate surface area is 127 Å². The highest BCUT2D eigenvalue weighted by Crippen LogP contribution is 2.18. The molecule has 116 valence electrons. The summed E-state index contributed by atoms with van der Waals surface area (Å²) in [5, 5.41) is 3.18. The Morgan fingerprint density at radius 2 is 2.19 bits per heavy atom. The summed E-state index contributed by atoms with van der Waals surface area (Å²) in [6.07, 6.45) is 6.75. The van der Waals surface area contributed by atoms with E-state index in [0.717, 1.165) is 30.9 Å². The van der Waals surface area contributed by atoms with Gasteiger partial charge >= 0.3 is 0 Å². The van der Waals surface area contributed by atoms with Crippen LogP contribution in [0.2, 0.25) is 0 Å². The average molecular weight is 289 g/mol. The molecule has 1 fully saturated rings. The fourth-order valence-electron chi connectivity index (χ4n) is 2.43. The molecule has 0 aromatic carbocycles. The van der Waals surface area contributed by atoms with Gasteiger partial charge in [0.15, 0.2) is 5.96 Å². The van der Waals surface area contributed by atoms with Crippen LogP contribution in [0.15, 0.2) is 23.3 Å². The third-order valence-electron chi connectivity index (χ3n) is 3.93. The van der Waals surface area contributed by atoms with Crippen LogP contribution in [-0.4, -0.2) is 30.1 Å². The van der Waals surface area contributed by atoms with Crippen LogP contribution in [0.25, 0.3) is 0 Å². The Morgan fingerprint density at radius 3 is 2.90 bits per heavy atom. The van der Waals surface area contributed by atoms with E-state index in [1.54, 1.807) is 0 Å². The molecule has 0 spiro atoms. The van der Waals surface area contributed by atoms with Crippen LogP contribution in [0, 0.1) is 0 Å². The van der Waals surface area contributed by atoms with E-state index in [4.69, 9.17) is 5.73 Å². The second-order valence-corrected chi connectivity index (χ2v) is 5.73. The molecule has 1 aliphatic rings. The number of hydrogen-bond donors (Lipinski definition) is 2. The van der Waals surface area contributed by atoms with Gasteiger partial charge in [-0.3, -0.25) is 0 Å². The smallest absolute Gasteiger partial charge is 0.189 e. The van der Waals surface area contributed by atoms with E-state index in [-0.39, 0.29) is 0 Å². The molecule has 1 aliphatic heterocycles. The fraction of sp³-hybridized carbons (Fsp3) is 0.625. The lowest BCUT2D eigenvalue weighted by molar-refractivity contribution is 0.573. The maximum absolute atomic E-state index is 5.89. The summed E-state index contributed by atoms with van der Waals surface area (Å²) in [5.41, 5.74) is 7.04. The lowest BCUT2D eigenvalue weighted by Crippen LogP contribution is -2.38. The number of nitrogens with one attached hydrogen (secondary N) is 1. The molecule has 0 aliphatic carbocycles. The summed E-state index contributed by atoms with van der Waals surface area (Å²) < 4.78 is 0. The maximum Gasteiger partial charge on any atom is 0.189 e. The van der Waals surface area contributed by atoms with Crippen molar-refractivity contribution in [3.8, 4) is 0 Å². The van der Waals surface area contributed by atoms with Crippen LogP contribution in [0.3, 0.4) is 0 Å². The number of nitrogens with zero attached hydrogens (tertiary/aromatic N) is 3. The molecule has 1 saturated heterocycles. The highest BCUT2D eigenvalue weighted by molar-refractivity contribution is 5.78. The van der Waals surface area contributed by atoms with Crippen molar-refractivity contribution >= 4 is 11.8 Å². The molecular formula is C16H27N5. The van der Waals surface area contributed by atoms with Gasteiger partial charge in [0.1, 0.15) is 5.82 Å². The molecule has 0 bridgehead atoms. The van der Waals surface area contributed by atoms with Crippen LogP contribution in [0.1, 0.15) is 45.1 Å². The van der Waals surface area contributed by atoms with Crippen LogP contribution in [-0.2, 0) is 6.54 Å². The predicted octanol–water partition coefficient (Wildman–Crippen LogP) is 2.27. The lowest BCUT2D eigenvalue weighted by Gasteiger charge is -2.27. The zero-order chi connectivity index (χ0) is 15.1. The number of rotatable bonds is 5. The normalized spacial score (nSPS) is 17.6. The molecule has 2 rings (SSSR count). The number of aliphatic imine (C=N–C) groups is 1. The van der Waals surface area contributed by atoms with Gasteiger partial charge in [-0.05, 0) is 50.3 Å². The monoisotopic (exact) mass is 289 g/mol. The summed E-state index contributed by atoms with van der Waals surface area (Å²) in [6.45, 7) is 7.04. The average Bonchev–Trinajstić information content (AvgIpc) is 2.54. The van der Waals surface area contributed by atoms with E-state index < -0.39 is 0 Å². The summed E-state index contributed by atoms with van der Waals surface area (Å²) in [5.74, 6) is 1.58. The highest BCUT2D eigenvalue weighted by Gasteiger charge is 2.12. The minimum absolute atomic E-state index is 0.357. The summed E-state index contributed by atoms with van der Waals surface area (Å²) in [4.78, 5) is 11.2. The van der Waals surface area contributed by atoms with E-state index in [1.165, 1.54) is 19.3 Å². The van der Waals surface area contributed by atoms with Gasteiger partial charge in [0.25, 0.3) is 0 Å². The first-order valence-electron chi connectivity index (χ1n) is 7.95. The fourth-order valence-corrected chi connectivity index (χ4v) is 2.43. The van der Waals surface area contributed by atoms with Gasteiger partial charge in [-0.2, -0.15) is 0 Å². The summed E-state index contributed by atoms with van der Waals surface area (Å²) in [6, 6.07) is 4.49. The van der Waals surface area contributed by atoms with E-state index in [2.05, 4.69) is 40.1 Å². The zero-order valence-corrected chi connectivity index (χ0v) is 13.2. The second-order valence-electron chi connectivity index (χ2n) is 5.73. The number of piperidine rings is 1. The second kappa shape index (κ2) is 7.86. The van der Waals surface area contributed by atoms with Crippen molar-refractivity contribution in [2.75, 3.05) is 18.0 Å². The van der Waals surface area contributed by atoms with Crippen LogP contribution in [0.4, 0.5) is 5.82 Å². The van der Waals surface area contributed by atoms with E-state index in [0.29, 0.717) is 18.5 Å². The van der Waals surface area contributed by atoms with Gasteiger partial charge in [-0.15, -0.1) is 0 Å². The van der Waals surface area contributed by atoms with Gasteiger partial charge in [0.05, 0.1) is 6.54 Å². The molecule has 0 saturated carbocycles. The van der Waals surface area contributed by atoms with Crippen molar-refractivity contribution in [1.29, 1.82) is 0 Å². The van der Waals surface area contributed by atoms with Crippen molar-refractivity contribution in [2.45, 2.75) is 52.1 Å². The van der Waals surface area contributed by atoms with E-state index >= 15 is 0 Å². The van der Waals surface area contributed by atoms with Gasteiger partial charge in [-0.25, -0.2) is 9.98 Å². The standard InChI is InChI=1S/C16H27N5/c1-3-13(2)20-16(17)19-12-14-7-8-18-15(11-14)21-9-5-4-6-10-21/h7-8,11,13H,3-6,9-10,12H2,1-2H3,(H3,17,19,20). The lowest BCUT2D eigenvalue weighted by atomic mass is 10.1. The Bertz CT molecular complexity index is 465. The highest BCUT2D eigenvalue weighted by atomic mass is 15.2. The summed E-state index contributed by atoms with van der Waals surface area (Å²) in [7, 11) is 0. The number of nitrogens with two attached hydrogens (primary N) is 1. The topological polar surface area (TPSA) is 66.5 Å². The number of guanidine groups is 1. The van der Waals surface area contributed by atoms with Crippen LogP contribution in [0.5, 0.6) is 0 Å². The van der Waals surface area contributed by atoms with Crippen molar-refractivity contribution in [2.24, 2.45) is 10.7 Å². The maximum atomic E-state index is 5.89. The van der Waals surface area contributed by atoms with Gasteiger partial charge in [0.2, 0.25) is 0 Å². The minimum Gasteiger partial charge on any atom is -0.370 e. The molecule has 1 atom stereocenters. The Morgan fingerprint density at radius 1 is 1.43 bits per heavy atom. The number of anilines is 1. The van der Waals surface area contributed by atoms with Gasteiger partial charge in [0, 0.05) is 25.3 Å². The molecule has 5 nitrogen and oxygen atoms in total. The Kier molecular flexibility index (Phi) is 5.84. The SMILES string of the molecule is CCC(C)NC(N)=NCc1ccnc(N2CCCCC2)c1. The molecule has 5 heteroatoms.